The summed E-state index contributed by atoms with van der Waals surface area (Å²) in [6.07, 6.45) is 1.82. The van der Waals surface area contributed by atoms with Crippen LogP contribution >= 0.6 is 0 Å². The summed E-state index contributed by atoms with van der Waals surface area (Å²) < 4.78 is 5.31. The van der Waals surface area contributed by atoms with E-state index >= 15 is 0 Å². The number of ether oxygens (including phenoxy) is 1. The van der Waals surface area contributed by atoms with Crippen molar-refractivity contribution in [2.24, 2.45) is 4.99 Å². The van der Waals surface area contributed by atoms with Crippen LogP contribution < -0.4 is 15.4 Å². The number of benzene rings is 1. The van der Waals surface area contributed by atoms with Crippen LogP contribution in [0.1, 0.15) is 18.5 Å². The molecule has 0 aliphatic heterocycles. The van der Waals surface area contributed by atoms with E-state index in [0.717, 1.165) is 18.3 Å². The molecule has 0 radical (unpaired) electrons. The highest BCUT2D eigenvalue weighted by Crippen LogP contribution is 2.22. The summed E-state index contributed by atoms with van der Waals surface area (Å²) in [5.74, 6) is 1.67. The third kappa shape index (κ3) is 5.77. The summed E-state index contributed by atoms with van der Waals surface area (Å²) in [5.41, 5.74) is 1.19. The molecule has 2 N–H and O–H groups in total. The van der Waals surface area contributed by atoms with Crippen molar-refractivity contribution in [3.63, 3.8) is 0 Å². The highest BCUT2D eigenvalue weighted by Gasteiger charge is 2.14. The number of hydrogen-bond acceptors (Lipinski definition) is 3. The van der Waals surface area contributed by atoms with Gasteiger partial charge in [-0.05, 0) is 38.7 Å². The van der Waals surface area contributed by atoms with Gasteiger partial charge in [0.15, 0.2) is 5.96 Å². The van der Waals surface area contributed by atoms with Crippen LogP contribution in [-0.4, -0.2) is 51.7 Å². The smallest absolute Gasteiger partial charge is 0.191 e. The fraction of sp³-hybridized carbons (Fsp3) is 0.471. The Morgan fingerprint density at radius 3 is 2.77 bits per heavy atom. The van der Waals surface area contributed by atoms with Crippen molar-refractivity contribution in [1.82, 2.24) is 15.5 Å². The topological polar surface area (TPSA) is 48.9 Å². The molecule has 1 aromatic rings. The Kier molecular flexibility index (Phi) is 8.07. The molecular weight excluding hydrogens is 276 g/mol. The predicted molar refractivity (Wildman–Crippen MR) is 93.6 cm³/mol. The summed E-state index contributed by atoms with van der Waals surface area (Å²) in [7, 11) is 5.80. The monoisotopic (exact) mass is 304 g/mol. The second kappa shape index (κ2) is 9.84. The zero-order chi connectivity index (χ0) is 16.4. The van der Waals surface area contributed by atoms with Crippen LogP contribution in [0.3, 0.4) is 0 Å². The second-order valence-corrected chi connectivity index (χ2v) is 5.15. The van der Waals surface area contributed by atoms with E-state index in [1.807, 2.05) is 18.2 Å². The Morgan fingerprint density at radius 1 is 1.41 bits per heavy atom. The maximum absolute atomic E-state index is 5.31. The minimum Gasteiger partial charge on any atom is -0.497 e. The number of nitrogens with one attached hydrogen (secondary N) is 2. The van der Waals surface area contributed by atoms with Crippen LogP contribution in [0.25, 0.3) is 0 Å². The zero-order valence-corrected chi connectivity index (χ0v) is 14.1. The molecule has 0 bridgehead atoms. The van der Waals surface area contributed by atoms with Gasteiger partial charge in [-0.15, -0.1) is 6.58 Å². The van der Waals surface area contributed by atoms with E-state index in [1.54, 1.807) is 7.11 Å². The summed E-state index contributed by atoms with van der Waals surface area (Å²) >= 11 is 0. The summed E-state index contributed by atoms with van der Waals surface area (Å²) in [6.45, 7) is 7.95. The lowest BCUT2D eigenvalue weighted by Crippen LogP contribution is -2.38. The summed E-state index contributed by atoms with van der Waals surface area (Å²) in [5, 5.41) is 6.45. The van der Waals surface area contributed by atoms with Gasteiger partial charge in [0.2, 0.25) is 0 Å². The van der Waals surface area contributed by atoms with Gasteiger partial charge in [-0.25, -0.2) is 0 Å². The van der Waals surface area contributed by atoms with Crippen molar-refractivity contribution in [3.8, 4) is 5.75 Å². The normalized spacial score (nSPS) is 12.9. The lowest BCUT2D eigenvalue weighted by Gasteiger charge is -2.24. The molecule has 0 aliphatic carbocycles. The first kappa shape index (κ1) is 18.0. The molecule has 0 aliphatic rings. The predicted octanol–water partition coefficient (Wildman–Crippen LogP) is 2.04. The Morgan fingerprint density at radius 2 is 2.18 bits per heavy atom. The highest BCUT2D eigenvalue weighted by atomic mass is 16.5. The van der Waals surface area contributed by atoms with Gasteiger partial charge < -0.3 is 20.3 Å². The molecule has 1 aromatic carbocycles. The summed E-state index contributed by atoms with van der Waals surface area (Å²) in [4.78, 5) is 6.83. The standard InChI is InChI=1S/C17H28N4O/c1-6-11-19-17(18-7-2)20-13-16(21(3)4)14-9-8-10-15(12-14)22-5/h6,8-10,12,16H,1,7,11,13H2,2-5H3,(H2,18,19,20). The third-order valence-corrected chi connectivity index (χ3v) is 3.28. The summed E-state index contributed by atoms with van der Waals surface area (Å²) in [6, 6.07) is 8.32. The highest BCUT2D eigenvalue weighted by molar-refractivity contribution is 5.79. The van der Waals surface area contributed by atoms with Gasteiger partial charge in [0.25, 0.3) is 0 Å². The average Bonchev–Trinajstić information content (AvgIpc) is 2.52. The van der Waals surface area contributed by atoms with E-state index < -0.39 is 0 Å². The minimum absolute atomic E-state index is 0.189. The molecule has 0 saturated heterocycles. The maximum atomic E-state index is 5.31. The van der Waals surface area contributed by atoms with E-state index in [2.05, 4.69) is 60.3 Å². The number of likely N-dealkylation sites (N-methyl/N-ethyl adjacent to an activating group) is 1. The number of hydrogen-bond donors (Lipinski definition) is 2. The molecule has 1 unspecified atom stereocenters. The van der Waals surface area contributed by atoms with Crippen molar-refractivity contribution in [2.45, 2.75) is 13.0 Å². The fourth-order valence-corrected chi connectivity index (χ4v) is 2.10. The first-order chi connectivity index (χ1) is 10.6. The Balaban J connectivity index is 2.87. The van der Waals surface area contributed by atoms with E-state index in [1.165, 1.54) is 5.56 Å². The SMILES string of the molecule is C=CCNC(=NCC(c1cccc(OC)c1)N(C)C)NCC. The maximum Gasteiger partial charge on any atom is 0.191 e. The van der Waals surface area contributed by atoms with Crippen LogP contribution in [0.4, 0.5) is 0 Å². The minimum atomic E-state index is 0.189. The molecule has 0 amide bonds. The Labute approximate surface area is 134 Å². The molecule has 1 rings (SSSR count). The quantitative estimate of drug-likeness (QED) is 0.438. The average molecular weight is 304 g/mol. The molecule has 5 heteroatoms. The first-order valence-corrected chi connectivity index (χ1v) is 7.55. The number of guanidine groups is 1. The van der Waals surface area contributed by atoms with E-state index in [-0.39, 0.29) is 6.04 Å². The van der Waals surface area contributed by atoms with Crippen LogP contribution in [0, 0.1) is 0 Å². The van der Waals surface area contributed by atoms with Gasteiger partial charge >= 0.3 is 0 Å². The van der Waals surface area contributed by atoms with Crippen LogP contribution in [0.5, 0.6) is 5.75 Å². The van der Waals surface area contributed by atoms with Gasteiger partial charge in [-0.2, -0.15) is 0 Å². The second-order valence-electron chi connectivity index (χ2n) is 5.15. The van der Waals surface area contributed by atoms with Gasteiger partial charge in [0.05, 0.1) is 19.7 Å². The molecule has 22 heavy (non-hydrogen) atoms. The molecule has 0 heterocycles. The molecule has 0 spiro atoms. The lowest BCUT2D eigenvalue weighted by molar-refractivity contribution is 0.305. The van der Waals surface area contributed by atoms with Crippen LogP contribution in [0.15, 0.2) is 41.9 Å². The molecule has 0 aromatic heterocycles. The molecule has 1 atom stereocenters. The van der Waals surface area contributed by atoms with Gasteiger partial charge in [0.1, 0.15) is 5.75 Å². The van der Waals surface area contributed by atoms with Crippen molar-refractivity contribution in [3.05, 3.63) is 42.5 Å². The van der Waals surface area contributed by atoms with E-state index in [9.17, 15) is 0 Å². The van der Waals surface area contributed by atoms with Crippen molar-refractivity contribution in [2.75, 3.05) is 40.8 Å². The van der Waals surface area contributed by atoms with Crippen LogP contribution in [-0.2, 0) is 0 Å². The largest absolute Gasteiger partial charge is 0.497 e. The van der Waals surface area contributed by atoms with Crippen molar-refractivity contribution >= 4 is 5.96 Å². The molecule has 0 saturated carbocycles. The molecule has 5 nitrogen and oxygen atoms in total. The zero-order valence-electron chi connectivity index (χ0n) is 14.1. The van der Waals surface area contributed by atoms with Crippen molar-refractivity contribution in [1.29, 1.82) is 0 Å². The van der Waals surface area contributed by atoms with Gasteiger partial charge in [0, 0.05) is 13.1 Å². The third-order valence-electron chi connectivity index (χ3n) is 3.28. The molecule has 122 valence electrons. The Hall–Kier alpha value is -2.01. The Bertz CT molecular complexity index is 485. The molecular formula is C17H28N4O. The molecule has 0 fully saturated rings. The lowest BCUT2D eigenvalue weighted by atomic mass is 10.1. The number of nitrogens with zero attached hydrogens (tertiary/aromatic N) is 2. The first-order valence-electron chi connectivity index (χ1n) is 7.55. The van der Waals surface area contributed by atoms with Crippen molar-refractivity contribution < 1.29 is 4.74 Å². The van der Waals surface area contributed by atoms with E-state index in [4.69, 9.17) is 4.74 Å². The van der Waals surface area contributed by atoms with Crippen LogP contribution in [0.2, 0.25) is 0 Å². The number of rotatable bonds is 8. The van der Waals surface area contributed by atoms with Gasteiger partial charge in [-0.3, -0.25) is 4.99 Å². The fourth-order valence-electron chi connectivity index (χ4n) is 2.10. The van der Waals surface area contributed by atoms with Gasteiger partial charge in [-0.1, -0.05) is 18.2 Å². The van der Waals surface area contributed by atoms with E-state index in [0.29, 0.717) is 13.1 Å². The number of aliphatic imine (C=N–C) groups is 1. The number of methoxy groups -OCH3 is 1.